The molecule has 0 aliphatic heterocycles. The average Bonchev–Trinajstić information content (AvgIpc) is 2.48. The van der Waals surface area contributed by atoms with Gasteiger partial charge in [-0.1, -0.05) is 12.1 Å². The minimum absolute atomic E-state index is 0.190. The van der Waals surface area contributed by atoms with Crippen molar-refractivity contribution < 1.29 is 18.3 Å². The SMILES string of the molecule is COC(=O)c1cccc(N)c1NCc1ccc(F)c(F)c1. The molecule has 0 fully saturated rings. The van der Waals surface area contributed by atoms with Gasteiger partial charge in [-0.3, -0.25) is 0 Å². The number of methoxy groups -OCH3 is 1. The Hall–Kier alpha value is -2.63. The number of esters is 1. The maximum atomic E-state index is 13.1. The highest BCUT2D eigenvalue weighted by atomic mass is 19.2. The number of nitrogen functional groups attached to an aromatic ring is 1. The molecule has 0 saturated carbocycles. The first kappa shape index (κ1) is 14.8. The predicted molar refractivity (Wildman–Crippen MR) is 75.9 cm³/mol. The fraction of sp³-hybridized carbons (Fsp3) is 0.133. The lowest BCUT2D eigenvalue weighted by Gasteiger charge is -2.13. The second-order valence-electron chi connectivity index (χ2n) is 4.36. The van der Waals surface area contributed by atoms with Crippen LogP contribution in [-0.2, 0) is 11.3 Å². The summed E-state index contributed by atoms with van der Waals surface area (Å²) < 4.78 is 30.7. The summed E-state index contributed by atoms with van der Waals surface area (Å²) in [4.78, 5) is 11.7. The van der Waals surface area contributed by atoms with E-state index in [-0.39, 0.29) is 12.1 Å². The second kappa shape index (κ2) is 6.21. The Balaban J connectivity index is 2.23. The summed E-state index contributed by atoms with van der Waals surface area (Å²) in [5.74, 6) is -2.37. The van der Waals surface area contributed by atoms with Gasteiger partial charge in [0.05, 0.1) is 24.0 Å². The van der Waals surface area contributed by atoms with Crippen LogP contribution >= 0.6 is 0 Å². The summed E-state index contributed by atoms with van der Waals surface area (Å²) in [5.41, 5.74) is 7.39. The monoisotopic (exact) mass is 292 g/mol. The van der Waals surface area contributed by atoms with Gasteiger partial charge >= 0.3 is 5.97 Å². The number of nitrogens with two attached hydrogens (primary N) is 1. The van der Waals surface area contributed by atoms with Gasteiger partial charge in [-0.2, -0.15) is 0 Å². The van der Waals surface area contributed by atoms with E-state index >= 15 is 0 Å². The third-order valence-electron chi connectivity index (χ3n) is 2.96. The second-order valence-corrected chi connectivity index (χ2v) is 4.36. The molecule has 0 unspecified atom stereocenters. The van der Waals surface area contributed by atoms with Gasteiger partial charge in [-0.15, -0.1) is 0 Å². The molecule has 0 bridgehead atoms. The minimum atomic E-state index is -0.927. The molecule has 0 saturated heterocycles. The Kier molecular flexibility index (Phi) is 4.37. The fourth-order valence-electron chi connectivity index (χ4n) is 1.89. The van der Waals surface area contributed by atoms with E-state index in [1.165, 1.54) is 13.2 Å². The number of halogens is 2. The lowest BCUT2D eigenvalue weighted by Crippen LogP contribution is -2.10. The minimum Gasteiger partial charge on any atom is -0.465 e. The van der Waals surface area contributed by atoms with Crippen LogP contribution in [0.1, 0.15) is 15.9 Å². The molecule has 110 valence electrons. The van der Waals surface area contributed by atoms with Gasteiger partial charge in [-0.05, 0) is 29.8 Å². The molecule has 4 nitrogen and oxygen atoms in total. The molecule has 3 N–H and O–H groups in total. The van der Waals surface area contributed by atoms with E-state index in [4.69, 9.17) is 5.73 Å². The van der Waals surface area contributed by atoms with Crippen LogP contribution in [0.15, 0.2) is 36.4 Å². The number of carbonyl (C=O) groups is 1. The molecule has 6 heteroatoms. The number of ether oxygens (including phenoxy) is 1. The van der Waals surface area contributed by atoms with Crippen molar-refractivity contribution in [1.82, 2.24) is 0 Å². The predicted octanol–water partition coefficient (Wildman–Crippen LogP) is 2.95. The molecule has 0 heterocycles. The van der Waals surface area contributed by atoms with Gasteiger partial charge in [0, 0.05) is 6.54 Å². The van der Waals surface area contributed by atoms with E-state index in [1.807, 2.05) is 0 Å². The van der Waals surface area contributed by atoms with Crippen molar-refractivity contribution in [2.45, 2.75) is 6.54 Å². The first-order valence-corrected chi connectivity index (χ1v) is 6.17. The summed E-state index contributed by atoms with van der Waals surface area (Å²) in [6.07, 6.45) is 0. The number of nitrogens with one attached hydrogen (secondary N) is 1. The standard InChI is InChI=1S/C15H14F2N2O2/c1-21-15(20)10-3-2-4-13(18)14(10)19-8-9-5-6-11(16)12(17)7-9/h2-7,19H,8,18H2,1H3. The van der Waals surface area contributed by atoms with Crippen molar-refractivity contribution in [2.24, 2.45) is 0 Å². The van der Waals surface area contributed by atoms with Crippen molar-refractivity contribution in [2.75, 3.05) is 18.2 Å². The maximum absolute atomic E-state index is 13.1. The van der Waals surface area contributed by atoms with Gasteiger partial charge in [0.25, 0.3) is 0 Å². The lowest BCUT2D eigenvalue weighted by molar-refractivity contribution is 0.0602. The molecule has 2 aromatic rings. The van der Waals surface area contributed by atoms with Gasteiger partial charge < -0.3 is 15.8 Å². The van der Waals surface area contributed by atoms with Crippen molar-refractivity contribution in [3.8, 4) is 0 Å². The summed E-state index contributed by atoms with van der Waals surface area (Å²) in [5, 5.41) is 2.94. The highest BCUT2D eigenvalue weighted by Crippen LogP contribution is 2.25. The van der Waals surface area contributed by atoms with Crippen LogP contribution < -0.4 is 11.1 Å². The largest absolute Gasteiger partial charge is 0.465 e. The van der Waals surface area contributed by atoms with E-state index < -0.39 is 17.6 Å². The van der Waals surface area contributed by atoms with Crippen LogP contribution in [0, 0.1) is 11.6 Å². The maximum Gasteiger partial charge on any atom is 0.340 e. The first-order chi connectivity index (χ1) is 10.0. The van der Waals surface area contributed by atoms with Gasteiger partial charge in [0.2, 0.25) is 0 Å². The Morgan fingerprint density at radius 2 is 2.00 bits per heavy atom. The highest BCUT2D eigenvalue weighted by molar-refractivity contribution is 5.98. The first-order valence-electron chi connectivity index (χ1n) is 6.17. The van der Waals surface area contributed by atoms with Gasteiger partial charge in [0.1, 0.15) is 0 Å². The molecule has 21 heavy (non-hydrogen) atoms. The van der Waals surface area contributed by atoms with Crippen LogP contribution in [0.4, 0.5) is 20.2 Å². The highest BCUT2D eigenvalue weighted by Gasteiger charge is 2.14. The van der Waals surface area contributed by atoms with Crippen LogP contribution in [-0.4, -0.2) is 13.1 Å². The van der Waals surface area contributed by atoms with E-state index in [0.29, 0.717) is 16.9 Å². The smallest absolute Gasteiger partial charge is 0.340 e. The molecule has 0 amide bonds. The number of benzene rings is 2. The molecule has 0 spiro atoms. The number of carbonyl (C=O) groups excluding carboxylic acids is 1. The molecule has 0 aliphatic carbocycles. The summed E-state index contributed by atoms with van der Waals surface area (Å²) in [7, 11) is 1.27. The van der Waals surface area contributed by atoms with E-state index in [1.54, 1.807) is 18.2 Å². The lowest BCUT2D eigenvalue weighted by atomic mass is 10.1. The molecule has 0 aromatic heterocycles. The Labute approximate surface area is 120 Å². The van der Waals surface area contributed by atoms with Crippen molar-refractivity contribution in [3.05, 3.63) is 59.2 Å². The van der Waals surface area contributed by atoms with Gasteiger partial charge in [-0.25, -0.2) is 13.6 Å². The Morgan fingerprint density at radius 1 is 1.24 bits per heavy atom. The number of anilines is 2. The molecule has 2 rings (SSSR count). The van der Waals surface area contributed by atoms with E-state index in [2.05, 4.69) is 10.1 Å². The van der Waals surface area contributed by atoms with Gasteiger partial charge in [0.15, 0.2) is 11.6 Å². The quantitative estimate of drug-likeness (QED) is 0.671. The topological polar surface area (TPSA) is 64.3 Å². The van der Waals surface area contributed by atoms with E-state index in [9.17, 15) is 13.6 Å². The fourth-order valence-corrected chi connectivity index (χ4v) is 1.89. The molecule has 0 atom stereocenters. The van der Waals surface area contributed by atoms with Crippen LogP contribution in [0.2, 0.25) is 0 Å². The Morgan fingerprint density at radius 3 is 2.67 bits per heavy atom. The summed E-state index contributed by atoms with van der Waals surface area (Å²) in [6.45, 7) is 0.190. The number of rotatable bonds is 4. The third-order valence-corrected chi connectivity index (χ3v) is 2.96. The molecule has 0 aliphatic rings. The molecule has 0 radical (unpaired) electrons. The average molecular weight is 292 g/mol. The third kappa shape index (κ3) is 3.28. The number of hydrogen-bond acceptors (Lipinski definition) is 4. The summed E-state index contributed by atoms with van der Waals surface area (Å²) in [6, 6.07) is 8.39. The van der Waals surface area contributed by atoms with Crippen LogP contribution in [0.25, 0.3) is 0 Å². The summed E-state index contributed by atoms with van der Waals surface area (Å²) >= 11 is 0. The van der Waals surface area contributed by atoms with Crippen LogP contribution in [0.3, 0.4) is 0 Å². The van der Waals surface area contributed by atoms with Crippen LogP contribution in [0.5, 0.6) is 0 Å². The molecular weight excluding hydrogens is 278 g/mol. The zero-order valence-electron chi connectivity index (χ0n) is 11.3. The molecular formula is C15H14F2N2O2. The van der Waals surface area contributed by atoms with Crippen molar-refractivity contribution in [3.63, 3.8) is 0 Å². The van der Waals surface area contributed by atoms with Crippen molar-refractivity contribution >= 4 is 17.3 Å². The zero-order valence-corrected chi connectivity index (χ0v) is 11.3. The van der Waals surface area contributed by atoms with Crippen molar-refractivity contribution in [1.29, 1.82) is 0 Å². The normalized spacial score (nSPS) is 10.2. The number of hydrogen-bond donors (Lipinski definition) is 2. The van der Waals surface area contributed by atoms with E-state index in [0.717, 1.165) is 12.1 Å². The molecule has 2 aromatic carbocycles. The number of para-hydroxylation sites is 1. The zero-order chi connectivity index (χ0) is 15.4. The Bertz CT molecular complexity index is 675.